The van der Waals surface area contributed by atoms with Gasteiger partial charge in [0.25, 0.3) is 10.0 Å². The van der Waals surface area contributed by atoms with Crippen LogP contribution in [0.5, 0.6) is 5.75 Å². The van der Waals surface area contributed by atoms with Crippen molar-refractivity contribution in [1.82, 2.24) is 3.97 Å². The summed E-state index contributed by atoms with van der Waals surface area (Å²) in [6, 6.07) is 5.27. The van der Waals surface area contributed by atoms with Crippen molar-refractivity contribution in [2.24, 2.45) is 0 Å². The first-order valence-corrected chi connectivity index (χ1v) is 12.3. The number of rotatable bonds is 7. The van der Waals surface area contributed by atoms with E-state index in [1.807, 2.05) is 0 Å². The number of benzene rings is 2. The average molecular weight is 552 g/mol. The van der Waals surface area contributed by atoms with Crippen molar-refractivity contribution in [3.8, 4) is 5.75 Å². The van der Waals surface area contributed by atoms with Crippen LogP contribution in [0.25, 0.3) is 10.9 Å². The van der Waals surface area contributed by atoms with Crippen molar-refractivity contribution in [3.63, 3.8) is 0 Å². The molecule has 0 fully saturated rings. The van der Waals surface area contributed by atoms with E-state index in [1.54, 1.807) is 0 Å². The number of halogens is 2. The number of carboxylic acids is 2. The molecule has 0 unspecified atom stereocenters. The molecule has 2 aromatic heterocycles. The molecule has 2 amide bonds. The van der Waals surface area contributed by atoms with Crippen LogP contribution >= 0.6 is 11.3 Å². The van der Waals surface area contributed by atoms with Crippen molar-refractivity contribution < 1.29 is 46.5 Å². The number of amides is 2. The van der Waals surface area contributed by atoms with E-state index in [0.717, 1.165) is 34.7 Å². The van der Waals surface area contributed by atoms with Gasteiger partial charge in [-0.1, -0.05) is 0 Å². The Hall–Kier alpha value is -4.50. The molecule has 0 aliphatic heterocycles. The molecular formula is C22H15F2N3O8S2. The quantitative estimate of drug-likeness (QED) is 0.265. The lowest BCUT2D eigenvalue weighted by molar-refractivity contribution is 0.0657. The molecule has 15 heteroatoms. The Morgan fingerprint density at radius 3 is 2.35 bits per heavy atom. The summed E-state index contributed by atoms with van der Waals surface area (Å²) >= 11 is 0.553. The van der Waals surface area contributed by atoms with E-state index >= 15 is 0 Å². The lowest BCUT2D eigenvalue weighted by Gasteiger charge is -2.15. The van der Waals surface area contributed by atoms with Crippen LogP contribution in [-0.4, -0.2) is 47.7 Å². The Balaban J connectivity index is 1.71. The second-order valence-electron chi connectivity index (χ2n) is 7.35. The second kappa shape index (κ2) is 9.51. The van der Waals surface area contributed by atoms with Crippen LogP contribution in [0, 0.1) is 11.6 Å². The highest BCUT2D eigenvalue weighted by Crippen LogP contribution is 2.34. The summed E-state index contributed by atoms with van der Waals surface area (Å²) in [5.74, 6) is -5.33. The number of aromatic nitrogens is 1. The third-order valence-electron chi connectivity index (χ3n) is 5.11. The maximum absolute atomic E-state index is 14.7. The number of carbonyl (C=O) groups excluding carboxylic acids is 1. The summed E-state index contributed by atoms with van der Waals surface area (Å²) in [6.07, 6.45) is 1.17. The third kappa shape index (κ3) is 4.68. The maximum Gasteiger partial charge on any atom is 0.346 e. The van der Waals surface area contributed by atoms with Gasteiger partial charge in [-0.05, 0) is 30.3 Å². The molecule has 0 aliphatic carbocycles. The van der Waals surface area contributed by atoms with E-state index < -0.39 is 66.4 Å². The molecule has 11 nitrogen and oxygen atoms in total. The largest absolute Gasteiger partial charge is 0.495 e. The van der Waals surface area contributed by atoms with E-state index in [-0.39, 0.29) is 11.2 Å². The van der Waals surface area contributed by atoms with E-state index in [9.17, 15) is 36.7 Å². The monoisotopic (exact) mass is 551 g/mol. The van der Waals surface area contributed by atoms with Crippen LogP contribution < -0.4 is 15.4 Å². The molecule has 2 aromatic carbocycles. The van der Waals surface area contributed by atoms with Crippen molar-refractivity contribution in [2.45, 2.75) is 4.90 Å². The standard InChI is InChI=1S/C22H15F2N3O8S2/c1-35-16-7-12(24)13(25-22(32)26-14-9-36-19(21(30)31)18(14)20(28)29)8-17(16)37(33,34)27-5-4-10-2-3-11(23)6-15(10)27/h2-9H,1H3,(H,28,29)(H,30,31)(H2,25,26,32). The average Bonchev–Trinajstić information content (AvgIpc) is 3.44. The highest BCUT2D eigenvalue weighted by Gasteiger charge is 2.27. The van der Waals surface area contributed by atoms with Crippen molar-refractivity contribution >= 4 is 61.6 Å². The minimum absolute atomic E-state index is 0.00604. The highest BCUT2D eigenvalue weighted by atomic mass is 32.2. The van der Waals surface area contributed by atoms with Gasteiger partial charge in [-0.3, -0.25) is 0 Å². The minimum Gasteiger partial charge on any atom is -0.495 e. The Morgan fingerprint density at radius 2 is 1.70 bits per heavy atom. The molecule has 0 bridgehead atoms. The van der Waals surface area contributed by atoms with Gasteiger partial charge < -0.3 is 25.6 Å². The lowest BCUT2D eigenvalue weighted by atomic mass is 10.2. The van der Waals surface area contributed by atoms with E-state index in [1.165, 1.54) is 18.3 Å². The van der Waals surface area contributed by atoms with Crippen LogP contribution in [0.15, 0.2) is 52.9 Å². The summed E-state index contributed by atoms with van der Waals surface area (Å²) in [5, 5.41) is 24.1. The Morgan fingerprint density at radius 1 is 1.00 bits per heavy atom. The van der Waals surface area contributed by atoms with Crippen LogP contribution in [0.1, 0.15) is 20.0 Å². The minimum atomic E-state index is -4.49. The smallest absolute Gasteiger partial charge is 0.346 e. The summed E-state index contributed by atoms with van der Waals surface area (Å²) in [7, 11) is -3.39. The molecule has 4 rings (SSSR count). The number of aromatic carboxylic acids is 2. The highest BCUT2D eigenvalue weighted by molar-refractivity contribution is 7.90. The molecule has 0 saturated carbocycles. The fourth-order valence-electron chi connectivity index (χ4n) is 3.48. The Bertz CT molecular complexity index is 1700. The van der Waals surface area contributed by atoms with Gasteiger partial charge >= 0.3 is 18.0 Å². The van der Waals surface area contributed by atoms with Crippen molar-refractivity contribution in [1.29, 1.82) is 0 Å². The first-order valence-electron chi connectivity index (χ1n) is 10.00. The lowest BCUT2D eigenvalue weighted by Crippen LogP contribution is -2.22. The zero-order chi connectivity index (χ0) is 27.1. The van der Waals surface area contributed by atoms with Gasteiger partial charge in [-0.15, -0.1) is 11.3 Å². The molecule has 0 radical (unpaired) electrons. The molecule has 0 aliphatic rings. The first kappa shape index (κ1) is 25.6. The van der Waals surface area contributed by atoms with Gasteiger partial charge in [0.1, 0.15) is 26.9 Å². The summed E-state index contributed by atoms with van der Waals surface area (Å²) in [5.41, 5.74) is -1.66. The van der Waals surface area contributed by atoms with Gasteiger partial charge in [0, 0.05) is 23.0 Å². The number of anilines is 2. The molecular weight excluding hydrogens is 536 g/mol. The number of methoxy groups -OCH3 is 1. The molecule has 4 aromatic rings. The zero-order valence-electron chi connectivity index (χ0n) is 18.5. The molecule has 0 atom stereocenters. The first-order chi connectivity index (χ1) is 17.4. The predicted octanol–water partition coefficient (Wildman–Crippen LogP) is 4.27. The molecule has 4 N–H and O–H groups in total. The maximum atomic E-state index is 14.7. The van der Waals surface area contributed by atoms with Gasteiger partial charge in [-0.2, -0.15) is 0 Å². The van der Waals surface area contributed by atoms with Gasteiger partial charge in [0.15, 0.2) is 5.82 Å². The molecule has 2 heterocycles. The summed E-state index contributed by atoms with van der Waals surface area (Å²) < 4.78 is 61.1. The zero-order valence-corrected chi connectivity index (χ0v) is 20.1. The number of carbonyl (C=O) groups is 3. The number of nitrogens with zero attached hydrogens (tertiary/aromatic N) is 1. The second-order valence-corrected chi connectivity index (χ2v) is 10.0. The number of nitrogens with one attached hydrogen (secondary N) is 2. The van der Waals surface area contributed by atoms with Crippen molar-refractivity contribution in [2.75, 3.05) is 17.7 Å². The van der Waals surface area contributed by atoms with Crippen LogP contribution in [0.3, 0.4) is 0 Å². The molecule has 37 heavy (non-hydrogen) atoms. The van der Waals surface area contributed by atoms with E-state index in [0.29, 0.717) is 22.8 Å². The number of hydrogen-bond acceptors (Lipinski definition) is 7. The number of urea groups is 1. The summed E-state index contributed by atoms with van der Waals surface area (Å²) in [4.78, 5) is 34.1. The number of carboxylic acid groups (broad SMARTS) is 2. The number of ether oxygens (including phenoxy) is 1. The number of fused-ring (bicyclic) bond motifs is 1. The Kier molecular flexibility index (Phi) is 6.58. The predicted molar refractivity (Wildman–Crippen MR) is 128 cm³/mol. The fraction of sp³-hybridized carbons (Fsp3) is 0.0455. The van der Waals surface area contributed by atoms with Gasteiger partial charge in [0.05, 0.1) is 24.0 Å². The van der Waals surface area contributed by atoms with Gasteiger partial charge in [-0.25, -0.2) is 35.6 Å². The molecule has 0 saturated heterocycles. The van der Waals surface area contributed by atoms with Crippen LogP contribution in [0.2, 0.25) is 0 Å². The number of thiophene rings is 1. The fourth-order valence-corrected chi connectivity index (χ4v) is 5.82. The third-order valence-corrected chi connectivity index (χ3v) is 7.78. The normalized spacial score (nSPS) is 11.3. The van der Waals surface area contributed by atoms with Gasteiger partial charge in [0.2, 0.25) is 0 Å². The molecule has 192 valence electrons. The number of hydrogen-bond donors (Lipinski definition) is 4. The van der Waals surface area contributed by atoms with Crippen LogP contribution in [0.4, 0.5) is 25.0 Å². The van der Waals surface area contributed by atoms with Crippen LogP contribution in [-0.2, 0) is 10.0 Å². The summed E-state index contributed by atoms with van der Waals surface area (Å²) in [6.45, 7) is 0. The SMILES string of the molecule is COc1cc(F)c(NC(=O)Nc2csc(C(=O)O)c2C(=O)O)cc1S(=O)(=O)n1ccc2ccc(F)cc21. The topological polar surface area (TPSA) is 164 Å². The van der Waals surface area contributed by atoms with Crippen molar-refractivity contribution in [3.05, 3.63) is 70.1 Å². The van der Waals surface area contributed by atoms with E-state index in [2.05, 4.69) is 10.6 Å². The Labute approximate surface area is 210 Å². The van der Waals surface area contributed by atoms with E-state index in [4.69, 9.17) is 9.84 Å². The molecule has 0 spiro atoms.